The topological polar surface area (TPSA) is 108 Å². The number of fused-ring (bicyclic) bond motifs is 2. The van der Waals surface area contributed by atoms with Gasteiger partial charge in [-0.2, -0.15) is 18.2 Å². The first-order valence-electron chi connectivity index (χ1n) is 16.0. The lowest BCUT2D eigenvalue weighted by Crippen LogP contribution is -2.55. The maximum absolute atomic E-state index is 14.1. The first-order chi connectivity index (χ1) is 21.6. The number of para-hydroxylation sites is 1. The molecule has 1 amide bonds. The Morgan fingerprint density at radius 1 is 1.20 bits per heavy atom. The van der Waals surface area contributed by atoms with Crippen LogP contribution in [0.1, 0.15) is 68.4 Å². The minimum Gasteiger partial charge on any atom is -0.496 e. The van der Waals surface area contributed by atoms with E-state index in [1.807, 2.05) is 0 Å². The van der Waals surface area contributed by atoms with Crippen molar-refractivity contribution < 1.29 is 42.5 Å². The van der Waals surface area contributed by atoms with E-state index in [-0.39, 0.29) is 40.5 Å². The van der Waals surface area contributed by atoms with Crippen LogP contribution in [0.5, 0.6) is 5.75 Å². The molecule has 3 saturated carbocycles. The van der Waals surface area contributed by atoms with Gasteiger partial charge in [-0.05, 0) is 72.6 Å². The Morgan fingerprint density at radius 3 is 2.48 bits per heavy atom. The molecule has 3 aliphatic carbocycles. The van der Waals surface area contributed by atoms with Crippen molar-refractivity contribution >= 4 is 11.7 Å². The Kier molecular flexibility index (Phi) is 9.63. The maximum atomic E-state index is 14.1. The number of methoxy groups -OCH3 is 1. The monoisotopic (exact) mass is 646 g/mol. The summed E-state index contributed by atoms with van der Waals surface area (Å²) in [5.74, 6) is 0.558. The zero-order valence-corrected chi connectivity index (χ0v) is 27.2. The molecule has 8 atom stereocenters. The van der Waals surface area contributed by atoms with Crippen molar-refractivity contribution in [1.29, 1.82) is 0 Å². The number of ether oxygens (including phenoxy) is 1. The molecule has 0 spiro atoms. The fourth-order valence-electron chi connectivity index (χ4n) is 8.42. The zero-order valence-electron chi connectivity index (χ0n) is 27.2. The maximum Gasteiger partial charge on any atom is 0.416 e. The summed E-state index contributed by atoms with van der Waals surface area (Å²) >= 11 is 0. The second-order valence-electron chi connectivity index (χ2n) is 13.9. The Hall–Kier alpha value is -2.99. The molecule has 2 bridgehead atoms. The summed E-state index contributed by atoms with van der Waals surface area (Å²) in [4.78, 5) is 32.6. The minimum atomic E-state index is -4.69. The van der Waals surface area contributed by atoms with Crippen LogP contribution < -0.4 is 10.1 Å². The largest absolute Gasteiger partial charge is 0.496 e. The lowest BCUT2D eigenvalue weighted by molar-refractivity contribution is -0.183. The van der Waals surface area contributed by atoms with Crippen LogP contribution in [0.25, 0.3) is 11.1 Å². The molecular formula is C35H45F3N2O6. The van der Waals surface area contributed by atoms with Gasteiger partial charge < -0.3 is 20.3 Å². The van der Waals surface area contributed by atoms with Crippen molar-refractivity contribution in [3.63, 3.8) is 0 Å². The van der Waals surface area contributed by atoms with Crippen molar-refractivity contribution in [3.05, 3.63) is 53.1 Å². The van der Waals surface area contributed by atoms with Crippen LogP contribution in [-0.4, -0.2) is 66.0 Å². The van der Waals surface area contributed by atoms with Gasteiger partial charge in [0.05, 0.1) is 31.9 Å². The number of hydrogen-bond donors (Lipinski definition) is 3. The highest BCUT2D eigenvalue weighted by Gasteiger charge is 2.57. The first-order valence-corrected chi connectivity index (χ1v) is 16.0. The van der Waals surface area contributed by atoms with E-state index in [1.54, 1.807) is 25.1 Å². The smallest absolute Gasteiger partial charge is 0.416 e. The number of nitrogens with zero attached hydrogens (tertiary/aromatic N) is 1. The van der Waals surface area contributed by atoms with Gasteiger partial charge in [0.25, 0.3) is 5.91 Å². The number of halogens is 3. The van der Waals surface area contributed by atoms with Gasteiger partial charge in [0, 0.05) is 36.1 Å². The number of aliphatic hydroxyl groups is 2. The minimum absolute atomic E-state index is 0.00685. The third-order valence-electron chi connectivity index (χ3n) is 11.1. The van der Waals surface area contributed by atoms with Gasteiger partial charge in [-0.3, -0.25) is 14.4 Å². The number of carbonyl (C=O) groups excluding carboxylic acids is 2. The third-order valence-corrected chi connectivity index (χ3v) is 11.1. The summed E-state index contributed by atoms with van der Waals surface area (Å²) in [5, 5.41) is 24.8. The summed E-state index contributed by atoms with van der Waals surface area (Å²) in [6, 6.07) is 7.28. The average Bonchev–Trinajstić information content (AvgIpc) is 3.39. The number of amides is 1. The van der Waals surface area contributed by atoms with Gasteiger partial charge in [0.2, 0.25) is 0 Å². The van der Waals surface area contributed by atoms with Crippen LogP contribution in [-0.2, 0) is 22.4 Å². The van der Waals surface area contributed by atoms with Crippen molar-refractivity contribution in [2.24, 2.45) is 35.0 Å². The Labute approximate surface area is 268 Å². The van der Waals surface area contributed by atoms with E-state index in [2.05, 4.69) is 26.1 Å². The molecule has 1 saturated heterocycles. The molecule has 0 aromatic heterocycles. The number of Topliss-reactive ketones (excluding diaryl/α,β-unsaturated/α-hetero) is 1. The predicted octanol–water partition coefficient (Wildman–Crippen LogP) is 5.49. The quantitative estimate of drug-likeness (QED) is 0.313. The highest BCUT2D eigenvalue weighted by atomic mass is 19.4. The van der Waals surface area contributed by atoms with E-state index in [9.17, 15) is 33.0 Å². The van der Waals surface area contributed by atoms with Gasteiger partial charge in [-0.1, -0.05) is 39.0 Å². The second kappa shape index (κ2) is 12.9. The van der Waals surface area contributed by atoms with Gasteiger partial charge in [0.15, 0.2) is 5.78 Å². The average molecular weight is 647 g/mol. The molecule has 8 nitrogen and oxygen atoms in total. The van der Waals surface area contributed by atoms with Crippen molar-refractivity contribution in [1.82, 2.24) is 10.4 Å². The van der Waals surface area contributed by atoms with Crippen LogP contribution >= 0.6 is 0 Å². The number of hydrogen-bond acceptors (Lipinski definition) is 7. The lowest BCUT2D eigenvalue weighted by atomic mass is 9.43. The molecule has 2 aromatic carbocycles. The summed E-state index contributed by atoms with van der Waals surface area (Å²) in [7, 11) is 2.74. The van der Waals surface area contributed by atoms with Gasteiger partial charge in [-0.15, -0.1) is 0 Å². The summed E-state index contributed by atoms with van der Waals surface area (Å²) in [6.45, 7) is 8.03. The SMILES string of the molecule is CNC(=O)c1cc(-c2cccc(CN3O[C@@H](CO)[C@H]([C@H](C)O)[C@H]3C(=O)C[C@H]3C[C@H]4C[C@@H]([C@@H]3C)C4(C)C)c2OC)cc(C(F)(F)F)c1. The highest BCUT2D eigenvalue weighted by molar-refractivity contribution is 5.96. The molecule has 1 aliphatic heterocycles. The Morgan fingerprint density at radius 2 is 1.91 bits per heavy atom. The molecule has 11 heteroatoms. The molecule has 46 heavy (non-hydrogen) atoms. The highest BCUT2D eigenvalue weighted by Crippen LogP contribution is 2.63. The Bertz CT molecular complexity index is 1460. The van der Waals surface area contributed by atoms with Crippen LogP contribution in [0.2, 0.25) is 0 Å². The fraction of sp³-hybridized carbons (Fsp3) is 0.600. The molecule has 3 N–H and O–H groups in total. The van der Waals surface area contributed by atoms with Crippen LogP contribution in [0.15, 0.2) is 36.4 Å². The molecule has 0 unspecified atom stereocenters. The summed E-state index contributed by atoms with van der Waals surface area (Å²) in [5.41, 5.74) is 0.110. The van der Waals surface area contributed by atoms with Gasteiger partial charge in [0.1, 0.15) is 17.9 Å². The van der Waals surface area contributed by atoms with Gasteiger partial charge >= 0.3 is 6.18 Å². The van der Waals surface area contributed by atoms with Crippen LogP contribution in [0.3, 0.4) is 0 Å². The number of rotatable bonds is 10. The predicted molar refractivity (Wildman–Crippen MR) is 166 cm³/mol. The number of nitrogens with one attached hydrogen (secondary N) is 1. The molecule has 2 aromatic rings. The number of carbonyl (C=O) groups is 2. The normalized spacial score (nSPS) is 29.6. The molecule has 252 valence electrons. The molecule has 4 fully saturated rings. The van der Waals surface area contributed by atoms with Crippen LogP contribution in [0.4, 0.5) is 13.2 Å². The van der Waals surface area contributed by atoms with E-state index in [4.69, 9.17) is 9.57 Å². The number of ketones is 1. The molecule has 0 radical (unpaired) electrons. The third kappa shape index (κ3) is 6.19. The second-order valence-corrected chi connectivity index (χ2v) is 13.9. The molecular weight excluding hydrogens is 601 g/mol. The molecule has 4 aliphatic rings. The zero-order chi connectivity index (χ0) is 33.7. The molecule has 1 heterocycles. The lowest BCUT2D eigenvalue weighted by Gasteiger charge is -2.62. The summed E-state index contributed by atoms with van der Waals surface area (Å²) in [6.07, 6.45) is -3.97. The van der Waals surface area contributed by atoms with E-state index < -0.39 is 48.4 Å². The Balaban J connectivity index is 1.48. The van der Waals surface area contributed by atoms with Crippen molar-refractivity contribution in [3.8, 4) is 16.9 Å². The first kappa shape index (κ1) is 34.3. The molecule has 6 rings (SSSR count). The van der Waals surface area contributed by atoms with E-state index in [0.29, 0.717) is 35.3 Å². The van der Waals surface area contributed by atoms with Crippen LogP contribution in [0, 0.1) is 35.0 Å². The number of alkyl halides is 3. The van der Waals surface area contributed by atoms with Gasteiger partial charge in [-0.25, -0.2) is 0 Å². The number of hydroxylamine groups is 2. The van der Waals surface area contributed by atoms with E-state index in [1.165, 1.54) is 31.7 Å². The number of benzene rings is 2. The summed E-state index contributed by atoms with van der Waals surface area (Å²) < 4.78 is 47.3. The standard InChI is InChI=1S/C35H45F3N2O6/c1-18-21(11-24-15-27(18)34(24,3)4)14-28(43)31-30(19(2)42)29(17-41)46-40(31)16-20-8-7-9-26(32(20)45-6)22-10-23(33(44)39-5)13-25(12-22)35(36,37)38/h7-10,12-13,18-19,21,24,27,29-31,41-42H,11,14-17H2,1-6H3,(H,39,44)/t18-,19+,21-,24+,27+,29+,30+,31-/m1/s1. The fourth-order valence-corrected chi connectivity index (χ4v) is 8.42. The van der Waals surface area contributed by atoms with E-state index >= 15 is 0 Å². The van der Waals surface area contributed by atoms with Crippen molar-refractivity contribution in [2.45, 2.75) is 77.9 Å². The van der Waals surface area contributed by atoms with Crippen molar-refractivity contribution in [2.75, 3.05) is 20.8 Å². The van der Waals surface area contributed by atoms with E-state index in [0.717, 1.165) is 18.6 Å². The number of aliphatic hydroxyl groups excluding tert-OH is 2.